The van der Waals surface area contributed by atoms with Crippen LogP contribution in [0.1, 0.15) is 174 Å². The fourth-order valence-electron chi connectivity index (χ4n) is 6.11. The lowest BCUT2D eigenvalue weighted by Gasteiger charge is -2.14. The lowest BCUT2D eigenvalue weighted by atomic mass is 10.1. The molecular formula is C53H84N2O7. The van der Waals surface area contributed by atoms with Gasteiger partial charge in [-0.3, -0.25) is 14.4 Å². The number of carbonyl (C=O) groups is 4. The predicted octanol–water partition coefficient (Wildman–Crippen LogP) is 12.4. The van der Waals surface area contributed by atoms with Gasteiger partial charge in [-0.1, -0.05) is 162 Å². The van der Waals surface area contributed by atoms with Gasteiger partial charge in [0.1, 0.15) is 12.1 Å². The second-order valence-electron chi connectivity index (χ2n) is 15.5. The molecule has 0 saturated carbocycles. The van der Waals surface area contributed by atoms with E-state index in [1.165, 1.54) is 19.3 Å². The van der Waals surface area contributed by atoms with Gasteiger partial charge in [-0.25, -0.2) is 4.79 Å². The molecule has 348 valence electrons. The van der Waals surface area contributed by atoms with E-state index in [1.54, 1.807) is 0 Å². The number of unbranched alkanes of at least 4 members (excludes halogenated alkanes) is 11. The Kier molecular flexibility index (Phi) is 42.7. The van der Waals surface area contributed by atoms with Gasteiger partial charge in [-0.15, -0.1) is 0 Å². The lowest BCUT2D eigenvalue weighted by molar-refractivity contribution is -0.147. The van der Waals surface area contributed by atoms with Gasteiger partial charge < -0.3 is 25.6 Å². The fraction of sp³-hybridized carbons (Fsp3) is 0.585. The molecule has 2 unspecified atom stereocenters. The van der Waals surface area contributed by atoms with Crippen molar-refractivity contribution in [1.29, 1.82) is 0 Å². The van der Waals surface area contributed by atoms with Crippen LogP contribution >= 0.6 is 0 Å². The number of esters is 1. The highest BCUT2D eigenvalue weighted by molar-refractivity contribution is 5.87. The van der Waals surface area contributed by atoms with Crippen molar-refractivity contribution >= 4 is 23.8 Å². The molecule has 0 rings (SSSR count). The summed E-state index contributed by atoms with van der Waals surface area (Å²) in [6.45, 7) is 3.30. The molecule has 0 aromatic heterocycles. The molecule has 0 radical (unpaired) electrons. The van der Waals surface area contributed by atoms with Crippen LogP contribution in [0.5, 0.6) is 0 Å². The number of aliphatic carboxylic acids is 1. The summed E-state index contributed by atoms with van der Waals surface area (Å²) in [4.78, 5) is 47.6. The Morgan fingerprint density at radius 3 is 1.48 bits per heavy atom. The summed E-state index contributed by atoms with van der Waals surface area (Å²) in [5.74, 6) is -2.44. The molecule has 0 aromatic rings. The van der Waals surface area contributed by atoms with Crippen molar-refractivity contribution in [2.24, 2.45) is 0 Å². The zero-order valence-corrected chi connectivity index (χ0v) is 38.6. The molecule has 9 nitrogen and oxygen atoms in total. The first-order valence-electron chi connectivity index (χ1n) is 23.8. The van der Waals surface area contributed by atoms with Crippen molar-refractivity contribution in [3.63, 3.8) is 0 Å². The summed E-state index contributed by atoms with van der Waals surface area (Å²) in [5, 5.41) is 22.6. The van der Waals surface area contributed by atoms with Crippen molar-refractivity contribution in [2.75, 3.05) is 13.2 Å². The normalized spacial score (nSPS) is 13.5. The van der Waals surface area contributed by atoms with E-state index in [2.05, 4.69) is 128 Å². The summed E-state index contributed by atoms with van der Waals surface area (Å²) >= 11 is 0. The van der Waals surface area contributed by atoms with E-state index in [4.69, 9.17) is 14.9 Å². The number of amides is 2. The molecule has 0 saturated heterocycles. The van der Waals surface area contributed by atoms with Gasteiger partial charge in [-0.05, 0) is 109 Å². The number of rotatable bonds is 41. The van der Waals surface area contributed by atoms with E-state index in [0.29, 0.717) is 12.8 Å². The topological polar surface area (TPSA) is 142 Å². The minimum absolute atomic E-state index is 0.144. The highest BCUT2D eigenvalue weighted by Gasteiger charge is 2.18. The smallest absolute Gasteiger partial charge is 0.328 e. The molecule has 0 aliphatic heterocycles. The molecule has 0 spiro atoms. The molecule has 4 N–H and O–H groups in total. The van der Waals surface area contributed by atoms with Crippen LogP contribution in [0.15, 0.2) is 109 Å². The summed E-state index contributed by atoms with van der Waals surface area (Å²) in [6.07, 6.45) is 62.7. The Morgan fingerprint density at radius 1 is 0.516 bits per heavy atom. The highest BCUT2D eigenvalue weighted by Crippen LogP contribution is 2.15. The number of aliphatic hydroxyl groups excluding tert-OH is 1. The summed E-state index contributed by atoms with van der Waals surface area (Å²) < 4.78 is 5.92. The standard InChI is InChI=1S/C53H84N2O7/c1-3-5-7-9-11-13-15-16-17-18-19-20-21-22-23-24-25-26-28-30-32-37-41-45-52(59)62-48(42-38-34-31-29-27-14-12-10-8-6-4-2)43-39-35-33-36-40-44-50(57)54-46-51(58)55-49(47-56)53(60)61/h5,7,11-14,16-17,19-20,22-23,25-26,29,31,38,42,48-49,56H,3-4,6,8-10,15,18,21,24,27-28,30,32-37,39-41,43-47H2,1-2H3,(H,54,57)(H,55,58)(H,60,61)/b7-5-,13-11-,14-12-,17-16-,20-19-,23-22-,26-25-,31-29-,42-38-. The summed E-state index contributed by atoms with van der Waals surface area (Å²) in [7, 11) is 0. The zero-order valence-electron chi connectivity index (χ0n) is 38.6. The van der Waals surface area contributed by atoms with E-state index in [1.807, 2.05) is 6.08 Å². The maximum absolute atomic E-state index is 12.8. The molecule has 0 aliphatic carbocycles. The molecule has 0 heterocycles. The average molecular weight is 861 g/mol. The van der Waals surface area contributed by atoms with Crippen molar-refractivity contribution < 1.29 is 34.1 Å². The molecular weight excluding hydrogens is 777 g/mol. The maximum Gasteiger partial charge on any atom is 0.328 e. The Hall–Kier alpha value is -4.50. The number of hydrogen-bond donors (Lipinski definition) is 4. The van der Waals surface area contributed by atoms with E-state index in [0.717, 1.165) is 122 Å². The third kappa shape index (κ3) is 42.2. The lowest BCUT2D eigenvalue weighted by Crippen LogP contribution is -2.47. The minimum atomic E-state index is -1.40. The van der Waals surface area contributed by atoms with Crippen LogP contribution in [-0.4, -0.2) is 59.3 Å². The van der Waals surface area contributed by atoms with Crippen molar-refractivity contribution in [3.8, 4) is 0 Å². The van der Waals surface area contributed by atoms with Crippen LogP contribution in [0.4, 0.5) is 0 Å². The third-order valence-corrected chi connectivity index (χ3v) is 9.74. The number of allylic oxidation sites excluding steroid dienone is 17. The van der Waals surface area contributed by atoms with Gasteiger partial charge in [0.2, 0.25) is 11.8 Å². The predicted molar refractivity (Wildman–Crippen MR) is 259 cm³/mol. The average Bonchev–Trinajstić information content (AvgIpc) is 3.26. The monoisotopic (exact) mass is 861 g/mol. The van der Waals surface area contributed by atoms with Crippen LogP contribution in [0, 0.1) is 0 Å². The van der Waals surface area contributed by atoms with Crippen LogP contribution < -0.4 is 10.6 Å². The SMILES string of the molecule is CC/C=C\C/C=C\C/C=C\C/C=C\C/C=C\C/C=C\CCCCCCC(=O)OC(/C=C\C/C=C\C/C=C\CCCCC)CCCCCCCC(=O)NCC(=O)NC(CO)C(=O)O. The van der Waals surface area contributed by atoms with Gasteiger partial charge in [0.25, 0.3) is 0 Å². The zero-order chi connectivity index (χ0) is 45.4. The molecule has 2 amide bonds. The largest absolute Gasteiger partial charge is 0.480 e. The first kappa shape index (κ1) is 57.5. The second kappa shape index (κ2) is 46.0. The Balaban J connectivity index is 4.41. The Labute approximate surface area is 376 Å². The highest BCUT2D eigenvalue weighted by atomic mass is 16.5. The van der Waals surface area contributed by atoms with Crippen molar-refractivity contribution in [3.05, 3.63) is 109 Å². The second-order valence-corrected chi connectivity index (χ2v) is 15.5. The number of hydrogen-bond acceptors (Lipinski definition) is 6. The third-order valence-electron chi connectivity index (χ3n) is 9.74. The van der Waals surface area contributed by atoms with Crippen molar-refractivity contribution in [1.82, 2.24) is 10.6 Å². The number of aliphatic hydroxyl groups is 1. The number of ether oxygens (including phenoxy) is 1. The van der Waals surface area contributed by atoms with Gasteiger partial charge in [-0.2, -0.15) is 0 Å². The quantitative estimate of drug-likeness (QED) is 0.0272. The summed E-state index contributed by atoms with van der Waals surface area (Å²) in [5.41, 5.74) is 0. The van der Waals surface area contributed by atoms with E-state index in [-0.39, 0.29) is 30.9 Å². The van der Waals surface area contributed by atoms with E-state index >= 15 is 0 Å². The van der Waals surface area contributed by atoms with E-state index in [9.17, 15) is 19.2 Å². The Bertz CT molecular complexity index is 1400. The molecule has 0 bridgehead atoms. The van der Waals surface area contributed by atoms with Crippen LogP contribution in [0.3, 0.4) is 0 Å². The number of carboxylic acid groups (broad SMARTS) is 1. The van der Waals surface area contributed by atoms with Crippen LogP contribution in [-0.2, 0) is 23.9 Å². The fourth-order valence-corrected chi connectivity index (χ4v) is 6.11. The molecule has 0 fully saturated rings. The maximum atomic E-state index is 12.8. The molecule has 9 heteroatoms. The van der Waals surface area contributed by atoms with Crippen molar-refractivity contribution in [2.45, 2.75) is 187 Å². The van der Waals surface area contributed by atoms with Gasteiger partial charge in [0.05, 0.1) is 13.2 Å². The van der Waals surface area contributed by atoms with Crippen LogP contribution in [0.25, 0.3) is 0 Å². The Morgan fingerprint density at radius 2 is 0.968 bits per heavy atom. The van der Waals surface area contributed by atoms with Gasteiger partial charge >= 0.3 is 11.9 Å². The van der Waals surface area contributed by atoms with Gasteiger partial charge in [0, 0.05) is 12.8 Å². The molecule has 2 atom stereocenters. The summed E-state index contributed by atoms with van der Waals surface area (Å²) in [6, 6.07) is -1.40. The minimum Gasteiger partial charge on any atom is -0.480 e. The number of carbonyl (C=O) groups excluding carboxylic acids is 3. The first-order chi connectivity index (χ1) is 30.3. The van der Waals surface area contributed by atoms with Crippen LogP contribution in [0.2, 0.25) is 0 Å². The molecule has 0 aromatic carbocycles. The first-order valence-corrected chi connectivity index (χ1v) is 23.8. The number of carboxylic acids is 1. The number of nitrogens with one attached hydrogen (secondary N) is 2. The molecule has 0 aliphatic rings. The van der Waals surface area contributed by atoms with Gasteiger partial charge in [0.15, 0.2) is 0 Å². The molecule has 62 heavy (non-hydrogen) atoms. The van der Waals surface area contributed by atoms with E-state index < -0.39 is 24.5 Å².